The van der Waals surface area contributed by atoms with Gasteiger partial charge in [0, 0.05) is 11.6 Å². The Kier molecular flexibility index (Phi) is 3.55. The molecule has 2 nitrogen and oxygen atoms in total. The Bertz CT molecular complexity index is 252. The Labute approximate surface area is 80.3 Å². The van der Waals surface area contributed by atoms with Crippen molar-refractivity contribution in [1.82, 2.24) is 5.32 Å². The molecule has 0 saturated carbocycles. The van der Waals surface area contributed by atoms with E-state index in [0.29, 0.717) is 12.0 Å². The lowest BCUT2D eigenvalue weighted by molar-refractivity contribution is 0.445. The number of aryl methyl sites for hydroxylation is 1. The molecule has 0 aliphatic heterocycles. The number of hydrogen-bond donors (Lipinski definition) is 1. The fourth-order valence-corrected chi connectivity index (χ4v) is 1.63. The van der Waals surface area contributed by atoms with Crippen LogP contribution in [0.4, 0.5) is 0 Å². The van der Waals surface area contributed by atoms with Gasteiger partial charge in [-0.1, -0.05) is 13.8 Å². The van der Waals surface area contributed by atoms with E-state index in [4.69, 9.17) is 4.42 Å². The first-order valence-electron chi connectivity index (χ1n) is 4.86. The van der Waals surface area contributed by atoms with Crippen molar-refractivity contribution in [2.45, 2.75) is 33.2 Å². The molecule has 0 spiro atoms. The first-order chi connectivity index (χ1) is 6.15. The number of hydrogen-bond acceptors (Lipinski definition) is 2. The van der Waals surface area contributed by atoms with Crippen LogP contribution in [0.3, 0.4) is 0 Å². The van der Waals surface area contributed by atoms with Gasteiger partial charge in [-0.15, -0.1) is 0 Å². The molecule has 1 aromatic heterocycles. The van der Waals surface area contributed by atoms with Crippen molar-refractivity contribution in [1.29, 1.82) is 0 Å². The summed E-state index contributed by atoms with van der Waals surface area (Å²) in [6.45, 7) is 6.49. The van der Waals surface area contributed by atoms with Gasteiger partial charge < -0.3 is 9.73 Å². The minimum absolute atomic E-state index is 0.429. The van der Waals surface area contributed by atoms with Gasteiger partial charge in [0.25, 0.3) is 0 Å². The van der Waals surface area contributed by atoms with Crippen LogP contribution in [0.25, 0.3) is 0 Å². The monoisotopic (exact) mass is 181 g/mol. The van der Waals surface area contributed by atoms with E-state index in [1.165, 1.54) is 5.56 Å². The predicted molar refractivity (Wildman–Crippen MR) is 54.7 cm³/mol. The van der Waals surface area contributed by atoms with Crippen LogP contribution in [-0.2, 0) is 0 Å². The van der Waals surface area contributed by atoms with Crippen LogP contribution in [0.5, 0.6) is 0 Å². The third-order valence-corrected chi connectivity index (χ3v) is 2.33. The lowest BCUT2D eigenvalue weighted by Gasteiger charge is -2.17. The summed E-state index contributed by atoms with van der Waals surface area (Å²) >= 11 is 0. The highest BCUT2D eigenvalue weighted by Crippen LogP contribution is 2.24. The maximum Gasteiger partial charge on any atom is 0.105 e. The molecule has 0 radical (unpaired) electrons. The van der Waals surface area contributed by atoms with Crippen molar-refractivity contribution < 1.29 is 4.42 Å². The molecule has 0 fully saturated rings. The van der Waals surface area contributed by atoms with Crippen molar-refractivity contribution in [3.63, 3.8) is 0 Å². The van der Waals surface area contributed by atoms with E-state index < -0.39 is 0 Å². The molecule has 1 unspecified atom stereocenters. The van der Waals surface area contributed by atoms with Crippen LogP contribution in [0, 0.1) is 12.8 Å². The van der Waals surface area contributed by atoms with Crippen LogP contribution in [0.1, 0.15) is 37.6 Å². The van der Waals surface area contributed by atoms with Crippen LogP contribution in [0.2, 0.25) is 0 Å². The maximum atomic E-state index is 5.29. The summed E-state index contributed by atoms with van der Waals surface area (Å²) in [5, 5.41) is 3.32. The number of rotatable bonds is 4. The third kappa shape index (κ3) is 2.59. The highest BCUT2D eigenvalue weighted by molar-refractivity contribution is 5.20. The fraction of sp³-hybridized carbons (Fsp3) is 0.636. The van der Waals surface area contributed by atoms with Gasteiger partial charge in [0.05, 0.1) is 6.26 Å². The van der Waals surface area contributed by atoms with Crippen molar-refractivity contribution >= 4 is 0 Å². The molecule has 1 aromatic rings. The summed E-state index contributed by atoms with van der Waals surface area (Å²) in [5.41, 5.74) is 1.29. The number of nitrogens with one attached hydrogen (secondary N) is 1. The first-order valence-corrected chi connectivity index (χ1v) is 4.86. The van der Waals surface area contributed by atoms with Crippen LogP contribution in [0.15, 0.2) is 16.7 Å². The normalized spacial score (nSPS) is 13.6. The van der Waals surface area contributed by atoms with Crippen LogP contribution < -0.4 is 5.32 Å². The Morgan fingerprint density at radius 2 is 2.15 bits per heavy atom. The molecule has 1 N–H and O–H groups in total. The van der Waals surface area contributed by atoms with Gasteiger partial charge in [-0.05, 0) is 32.4 Å². The van der Waals surface area contributed by atoms with Crippen LogP contribution in [-0.4, -0.2) is 7.05 Å². The summed E-state index contributed by atoms with van der Waals surface area (Å²) in [6, 6.07) is 2.48. The van der Waals surface area contributed by atoms with E-state index in [2.05, 4.69) is 25.2 Å². The molecule has 1 atom stereocenters. The van der Waals surface area contributed by atoms with Gasteiger partial charge >= 0.3 is 0 Å². The third-order valence-electron chi connectivity index (χ3n) is 2.33. The summed E-state index contributed by atoms with van der Waals surface area (Å²) in [7, 11) is 2.00. The Balaban J connectivity index is 2.72. The molecule has 74 valence electrons. The summed E-state index contributed by atoms with van der Waals surface area (Å²) in [6.07, 6.45) is 2.91. The molecule has 0 aliphatic carbocycles. The van der Waals surface area contributed by atoms with Crippen molar-refractivity contribution in [2.75, 3.05) is 7.05 Å². The predicted octanol–water partition coefficient (Wildman–Crippen LogP) is 2.89. The standard InChI is InChI=1S/C11H19NO/c1-8(2)7-11(12-4)10-5-6-13-9(10)3/h5-6,8,11-12H,7H2,1-4H3. The van der Waals surface area contributed by atoms with Crippen molar-refractivity contribution in [3.05, 3.63) is 23.7 Å². The lowest BCUT2D eigenvalue weighted by atomic mass is 9.98. The van der Waals surface area contributed by atoms with Gasteiger partial charge in [0.1, 0.15) is 5.76 Å². The second-order valence-corrected chi connectivity index (χ2v) is 3.90. The van der Waals surface area contributed by atoms with E-state index in [1.54, 1.807) is 6.26 Å². The molecule has 0 aliphatic rings. The van der Waals surface area contributed by atoms with E-state index in [1.807, 2.05) is 14.0 Å². The highest BCUT2D eigenvalue weighted by Gasteiger charge is 2.14. The molecule has 0 bridgehead atoms. The molecular formula is C11H19NO. The molecule has 0 saturated heterocycles. The molecule has 1 rings (SSSR count). The molecular weight excluding hydrogens is 162 g/mol. The van der Waals surface area contributed by atoms with Crippen molar-refractivity contribution in [2.24, 2.45) is 5.92 Å². The lowest BCUT2D eigenvalue weighted by Crippen LogP contribution is -2.18. The van der Waals surface area contributed by atoms with Gasteiger partial charge in [0.15, 0.2) is 0 Å². The first kappa shape index (κ1) is 10.3. The summed E-state index contributed by atoms with van der Waals surface area (Å²) in [4.78, 5) is 0. The largest absolute Gasteiger partial charge is 0.469 e. The molecule has 2 heteroatoms. The van der Waals surface area contributed by atoms with E-state index in [9.17, 15) is 0 Å². The molecule has 1 heterocycles. The number of furan rings is 1. The average molecular weight is 181 g/mol. The molecule has 13 heavy (non-hydrogen) atoms. The van der Waals surface area contributed by atoms with E-state index >= 15 is 0 Å². The smallest absolute Gasteiger partial charge is 0.105 e. The van der Waals surface area contributed by atoms with Gasteiger partial charge in [0.2, 0.25) is 0 Å². The Morgan fingerprint density at radius 3 is 2.54 bits per heavy atom. The topological polar surface area (TPSA) is 25.2 Å². The Morgan fingerprint density at radius 1 is 1.46 bits per heavy atom. The molecule has 0 amide bonds. The van der Waals surface area contributed by atoms with E-state index in [0.717, 1.165) is 12.2 Å². The zero-order chi connectivity index (χ0) is 9.84. The quantitative estimate of drug-likeness (QED) is 0.772. The fourth-order valence-electron chi connectivity index (χ4n) is 1.63. The summed E-state index contributed by atoms with van der Waals surface area (Å²) in [5.74, 6) is 1.73. The van der Waals surface area contributed by atoms with Gasteiger partial charge in [-0.25, -0.2) is 0 Å². The van der Waals surface area contributed by atoms with Crippen molar-refractivity contribution in [3.8, 4) is 0 Å². The highest BCUT2D eigenvalue weighted by atomic mass is 16.3. The molecule has 0 aromatic carbocycles. The van der Waals surface area contributed by atoms with Gasteiger partial charge in [-0.2, -0.15) is 0 Å². The SMILES string of the molecule is CNC(CC(C)C)c1ccoc1C. The second-order valence-electron chi connectivity index (χ2n) is 3.90. The minimum atomic E-state index is 0.429. The minimum Gasteiger partial charge on any atom is -0.469 e. The van der Waals surface area contributed by atoms with E-state index in [-0.39, 0.29) is 0 Å². The zero-order valence-corrected chi connectivity index (χ0v) is 8.92. The maximum absolute atomic E-state index is 5.29. The van der Waals surface area contributed by atoms with Gasteiger partial charge in [-0.3, -0.25) is 0 Å². The average Bonchev–Trinajstić information content (AvgIpc) is 2.47. The van der Waals surface area contributed by atoms with Crippen LogP contribution >= 0.6 is 0 Å². The second kappa shape index (κ2) is 4.47. The zero-order valence-electron chi connectivity index (χ0n) is 8.92. The summed E-state index contributed by atoms with van der Waals surface area (Å²) < 4.78 is 5.29. The Hall–Kier alpha value is -0.760.